The summed E-state index contributed by atoms with van der Waals surface area (Å²) in [6.45, 7) is 3.67. The molecule has 0 heterocycles. The number of hydrogen-bond donors (Lipinski definition) is 2. The van der Waals surface area contributed by atoms with Gasteiger partial charge in [-0.15, -0.1) is 0 Å². The van der Waals surface area contributed by atoms with Crippen molar-refractivity contribution in [1.29, 1.82) is 0 Å². The highest BCUT2D eigenvalue weighted by molar-refractivity contribution is 5.99. The first-order chi connectivity index (χ1) is 12.4. The second kappa shape index (κ2) is 9.36. The third-order valence-corrected chi connectivity index (χ3v) is 4.78. The van der Waals surface area contributed by atoms with Crippen LogP contribution in [0.3, 0.4) is 0 Å². The van der Waals surface area contributed by atoms with E-state index < -0.39 is 12.0 Å². The molecule has 1 saturated carbocycles. The molecule has 0 aromatic heterocycles. The molecular weight excluding hydrogens is 332 g/mol. The second-order valence-corrected chi connectivity index (χ2v) is 7.12. The lowest BCUT2D eigenvalue weighted by atomic mass is 9.88. The highest BCUT2D eigenvalue weighted by Gasteiger charge is 2.26. The van der Waals surface area contributed by atoms with E-state index in [1.165, 1.54) is 13.5 Å². The summed E-state index contributed by atoms with van der Waals surface area (Å²) in [6, 6.07) is 6.05. The van der Waals surface area contributed by atoms with Crippen LogP contribution in [-0.2, 0) is 14.3 Å². The lowest BCUT2D eigenvalue weighted by Crippen LogP contribution is -2.45. The van der Waals surface area contributed by atoms with Crippen molar-refractivity contribution in [3.8, 4) is 0 Å². The zero-order valence-corrected chi connectivity index (χ0v) is 15.7. The third kappa shape index (κ3) is 5.31. The molecule has 1 aromatic carbocycles. The SMILES string of the molecule is COC(=O)C(NC(=O)c1cccc(NC(=O)C2CCCCC2)c1)C(C)C. The Morgan fingerprint density at radius 3 is 2.42 bits per heavy atom. The Balaban J connectivity index is 2.04. The molecule has 1 aromatic rings. The van der Waals surface area contributed by atoms with Gasteiger partial charge in [-0.2, -0.15) is 0 Å². The number of methoxy groups -OCH3 is 1. The molecule has 6 heteroatoms. The number of ether oxygens (including phenoxy) is 1. The molecule has 2 amide bonds. The smallest absolute Gasteiger partial charge is 0.328 e. The van der Waals surface area contributed by atoms with Gasteiger partial charge < -0.3 is 15.4 Å². The summed E-state index contributed by atoms with van der Waals surface area (Å²) in [7, 11) is 1.30. The Hall–Kier alpha value is -2.37. The van der Waals surface area contributed by atoms with E-state index in [1.807, 2.05) is 13.8 Å². The number of nitrogens with one attached hydrogen (secondary N) is 2. The van der Waals surface area contributed by atoms with Crippen molar-refractivity contribution in [2.45, 2.75) is 52.0 Å². The fourth-order valence-electron chi connectivity index (χ4n) is 3.20. The maximum absolute atomic E-state index is 12.5. The Labute approximate surface area is 154 Å². The first-order valence-electron chi connectivity index (χ1n) is 9.22. The molecule has 2 N–H and O–H groups in total. The normalized spacial score (nSPS) is 16.0. The average molecular weight is 360 g/mol. The van der Waals surface area contributed by atoms with Gasteiger partial charge in [0.1, 0.15) is 6.04 Å². The van der Waals surface area contributed by atoms with Gasteiger partial charge in [0.15, 0.2) is 0 Å². The molecular formula is C20H28N2O4. The van der Waals surface area contributed by atoms with Gasteiger partial charge in [-0.1, -0.05) is 39.2 Å². The lowest BCUT2D eigenvalue weighted by Gasteiger charge is -2.21. The van der Waals surface area contributed by atoms with Crippen LogP contribution in [0.2, 0.25) is 0 Å². The van der Waals surface area contributed by atoms with Gasteiger partial charge in [0.25, 0.3) is 5.91 Å². The highest BCUT2D eigenvalue weighted by atomic mass is 16.5. The summed E-state index contributed by atoms with van der Waals surface area (Å²) in [5, 5.41) is 5.61. The minimum absolute atomic E-state index is 0.0110. The molecule has 1 aliphatic rings. The summed E-state index contributed by atoms with van der Waals surface area (Å²) in [5.41, 5.74) is 0.980. The number of carbonyl (C=O) groups is 3. The fraction of sp³-hybridized carbons (Fsp3) is 0.550. The van der Waals surface area contributed by atoms with E-state index in [9.17, 15) is 14.4 Å². The van der Waals surface area contributed by atoms with Crippen LogP contribution in [0.25, 0.3) is 0 Å². The lowest BCUT2D eigenvalue weighted by molar-refractivity contribution is -0.144. The molecule has 142 valence electrons. The maximum atomic E-state index is 12.5. The van der Waals surface area contributed by atoms with Gasteiger partial charge >= 0.3 is 5.97 Å². The monoisotopic (exact) mass is 360 g/mol. The van der Waals surface area contributed by atoms with Crippen LogP contribution in [0.1, 0.15) is 56.3 Å². The summed E-state index contributed by atoms with van der Waals surface area (Å²) in [4.78, 5) is 36.7. The van der Waals surface area contributed by atoms with Gasteiger partial charge in [0.05, 0.1) is 7.11 Å². The third-order valence-electron chi connectivity index (χ3n) is 4.78. The van der Waals surface area contributed by atoms with Crippen LogP contribution in [-0.4, -0.2) is 30.9 Å². The predicted octanol–water partition coefficient (Wildman–Crippen LogP) is 3.13. The van der Waals surface area contributed by atoms with E-state index in [1.54, 1.807) is 24.3 Å². The maximum Gasteiger partial charge on any atom is 0.328 e. The largest absolute Gasteiger partial charge is 0.467 e. The molecule has 1 unspecified atom stereocenters. The average Bonchev–Trinajstić information content (AvgIpc) is 2.66. The van der Waals surface area contributed by atoms with Crippen LogP contribution >= 0.6 is 0 Å². The molecule has 0 spiro atoms. The summed E-state index contributed by atoms with van der Waals surface area (Å²) in [6.07, 6.45) is 5.20. The molecule has 2 rings (SSSR count). The van der Waals surface area contributed by atoms with E-state index in [0.29, 0.717) is 11.3 Å². The molecule has 0 bridgehead atoms. The molecule has 1 fully saturated rings. The number of rotatable bonds is 6. The number of anilines is 1. The molecule has 0 aliphatic heterocycles. The van der Waals surface area contributed by atoms with Crippen molar-refractivity contribution in [3.05, 3.63) is 29.8 Å². The number of carbonyl (C=O) groups excluding carboxylic acids is 3. The van der Waals surface area contributed by atoms with Crippen LogP contribution in [0, 0.1) is 11.8 Å². The zero-order chi connectivity index (χ0) is 19.1. The summed E-state index contributed by atoms with van der Waals surface area (Å²) >= 11 is 0. The van der Waals surface area contributed by atoms with Crippen LogP contribution in [0.15, 0.2) is 24.3 Å². The minimum Gasteiger partial charge on any atom is -0.467 e. The molecule has 26 heavy (non-hydrogen) atoms. The standard InChI is InChI=1S/C20H28N2O4/c1-13(2)17(20(25)26-3)22-19(24)15-10-7-11-16(12-15)21-18(23)14-8-5-4-6-9-14/h7,10-14,17H,4-6,8-9H2,1-3H3,(H,21,23)(H,22,24). The summed E-state index contributed by atoms with van der Waals surface area (Å²) in [5.74, 6) is -0.888. The first-order valence-corrected chi connectivity index (χ1v) is 9.22. The number of benzene rings is 1. The van der Waals surface area contributed by atoms with Crippen LogP contribution in [0.5, 0.6) is 0 Å². The van der Waals surface area contributed by atoms with Gasteiger partial charge in [0.2, 0.25) is 5.91 Å². The first kappa shape index (κ1) is 19.9. The molecule has 0 radical (unpaired) electrons. The predicted molar refractivity (Wildman–Crippen MR) is 99.8 cm³/mol. The molecule has 6 nitrogen and oxygen atoms in total. The van der Waals surface area contributed by atoms with Crippen molar-refractivity contribution in [1.82, 2.24) is 5.32 Å². The van der Waals surface area contributed by atoms with Gasteiger partial charge in [-0.05, 0) is 37.0 Å². The van der Waals surface area contributed by atoms with Crippen molar-refractivity contribution in [3.63, 3.8) is 0 Å². The van der Waals surface area contributed by atoms with E-state index in [2.05, 4.69) is 10.6 Å². The second-order valence-electron chi connectivity index (χ2n) is 7.12. The Kier molecular flexibility index (Phi) is 7.18. The van der Waals surface area contributed by atoms with Crippen LogP contribution < -0.4 is 10.6 Å². The van der Waals surface area contributed by atoms with Crippen molar-refractivity contribution < 1.29 is 19.1 Å². The molecule has 0 saturated heterocycles. The Bertz CT molecular complexity index is 651. The van der Waals surface area contributed by atoms with Crippen molar-refractivity contribution in [2.24, 2.45) is 11.8 Å². The van der Waals surface area contributed by atoms with E-state index >= 15 is 0 Å². The van der Waals surface area contributed by atoms with Crippen molar-refractivity contribution in [2.75, 3.05) is 12.4 Å². The highest BCUT2D eigenvalue weighted by Crippen LogP contribution is 2.25. The van der Waals surface area contributed by atoms with Crippen molar-refractivity contribution >= 4 is 23.5 Å². The number of esters is 1. The topological polar surface area (TPSA) is 84.5 Å². The van der Waals surface area contributed by atoms with E-state index in [-0.39, 0.29) is 23.7 Å². The fourth-order valence-corrected chi connectivity index (χ4v) is 3.20. The number of amides is 2. The Morgan fingerprint density at radius 1 is 1.12 bits per heavy atom. The van der Waals surface area contributed by atoms with Crippen LogP contribution in [0.4, 0.5) is 5.69 Å². The van der Waals surface area contributed by atoms with Gasteiger partial charge in [0, 0.05) is 17.2 Å². The zero-order valence-electron chi connectivity index (χ0n) is 15.7. The minimum atomic E-state index is -0.715. The van der Waals surface area contributed by atoms with Gasteiger partial charge in [-0.3, -0.25) is 9.59 Å². The summed E-state index contributed by atoms with van der Waals surface area (Å²) < 4.78 is 4.74. The molecule has 1 atom stereocenters. The Morgan fingerprint density at radius 2 is 1.81 bits per heavy atom. The van der Waals surface area contributed by atoms with E-state index in [0.717, 1.165) is 25.7 Å². The quantitative estimate of drug-likeness (QED) is 0.763. The molecule has 1 aliphatic carbocycles. The number of hydrogen-bond acceptors (Lipinski definition) is 4. The van der Waals surface area contributed by atoms with Gasteiger partial charge in [-0.25, -0.2) is 4.79 Å². The van der Waals surface area contributed by atoms with E-state index in [4.69, 9.17) is 4.74 Å².